The summed E-state index contributed by atoms with van der Waals surface area (Å²) >= 11 is 0. The van der Waals surface area contributed by atoms with Gasteiger partial charge < -0.3 is 41.0 Å². The molecule has 0 saturated heterocycles. The number of hydrogen-bond acceptors (Lipinski definition) is 9. The first-order valence-corrected chi connectivity index (χ1v) is 17.8. The van der Waals surface area contributed by atoms with Crippen LogP contribution in [0.2, 0.25) is 0 Å². The summed E-state index contributed by atoms with van der Waals surface area (Å²) < 4.78 is 10.8. The molecule has 2 heterocycles. The topological polar surface area (TPSA) is 209 Å². The van der Waals surface area contributed by atoms with Crippen LogP contribution in [0.25, 0.3) is 0 Å². The maximum atomic E-state index is 13.8. The van der Waals surface area contributed by atoms with Gasteiger partial charge >= 0.3 is 18.0 Å². The summed E-state index contributed by atoms with van der Waals surface area (Å²) in [6.45, 7) is 2.43. The molecule has 6 N–H and O–H groups in total. The van der Waals surface area contributed by atoms with Crippen molar-refractivity contribution < 1.29 is 64.1 Å². The minimum Gasteiger partial charge on any atom is -0.481 e. The van der Waals surface area contributed by atoms with Gasteiger partial charge in [-0.2, -0.15) is 0 Å². The third-order valence-electron chi connectivity index (χ3n) is 8.80. The Bertz CT molecular complexity index is 1970. The van der Waals surface area contributed by atoms with Gasteiger partial charge in [-0.1, -0.05) is 42.5 Å². The number of pyridine rings is 1. The molecule has 295 valence electrons. The number of carboxylic acids is 2. The molecule has 5 rings (SSSR count). The van der Waals surface area contributed by atoms with Gasteiger partial charge in [-0.15, -0.1) is 0 Å². The van der Waals surface area contributed by atoms with Crippen LogP contribution < -0.4 is 30.7 Å². The van der Waals surface area contributed by atoms with Crippen LogP contribution in [-0.2, 0) is 52.6 Å². The summed E-state index contributed by atoms with van der Waals surface area (Å²) in [5.74, 6) is -2.21. The normalized spacial score (nSPS) is 12.5. The molecule has 0 fully saturated rings. The van der Waals surface area contributed by atoms with E-state index in [0.29, 0.717) is 59.9 Å². The average molecular weight is 939 g/mol. The summed E-state index contributed by atoms with van der Waals surface area (Å²) in [6, 6.07) is 22.0. The van der Waals surface area contributed by atoms with Crippen molar-refractivity contribution in [3.8, 4) is 11.5 Å². The number of unbranched alkanes of at least 4 members (excludes halogenated alkanes) is 1. The number of hydrogen-bond donors (Lipinski definition) is 6. The first kappa shape index (κ1) is 42.9. The van der Waals surface area contributed by atoms with Crippen LogP contribution in [0.4, 0.5) is 16.2 Å². The van der Waals surface area contributed by atoms with Crippen molar-refractivity contribution in [3.05, 3.63) is 114 Å². The quantitative estimate of drug-likeness (QED) is 0.0699. The van der Waals surface area contributed by atoms with Crippen molar-refractivity contribution in [2.24, 2.45) is 0 Å². The summed E-state index contributed by atoms with van der Waals surface area (Å²) in [4.78, 5) is 69.2. The Hall–Kier alpha value is -5.82. The number of benzene rings is 3. The van der Waals surface area contributed by atoms with E-state index < -0.39 is 48.3 Å². The molecule has 0 saturated carbocycles. The summed E-state index contributed by atoms with van der Waals surface area (Å²) in [5, 5.41) is 30.3. The van der Waals surface area contributed by atoms with E-state index in [9.17, 15) is 34.2 Å². The predicted molar refractivity (Wildman–Crippen MR) is 203 cm³/mol. The number of carboxylic acid groups (broad SMARTS) is 2. The third-order valence-corrected chi connectivity index (χ3v) is 8.80. The van der Waals surface area contributed by atoms with Crippen molar-refractivity contribution in [1.29, 1.82) is 0 Å². The number of anilines is 2. The Labute approximate surface area is 337 Å². The largest absolute Gasteiger partial charge is 0.481 e. The van der Waals surface area contributed by atoms with Gasteiger partial charge in [0.1, 0.15) is 6.04 Å². The Morgan fingerprint density at radius 2 is 1.59 bits per heavy atom. The Morgan fingerprint density at radius 3 is 2.30 bits per heavy atom. The van der Waals surface area contributed by atoms with E-state index in [0.717, 1.165) is 11.3 Å². The number of amides is 4. The number of nitrogens with zero attached hydrogens (tertiary/aromatic N) is 2. The van der Waals surface area contributed by atoms with Crippen molar-refractivity contribution in [2.45, 2.75) is 57.7 Å². The van der Waals surface area contributed by atoms with Crippen LogP contribution in [0, 0.1) is 6.92 Å². The first-order valence-electron chi connectivity index (χ1n) is 17.8. The fraction of sp³-hybridized carbons (Fsp3) is 0.300. The number of para-hydroxylation sites is 1. The zero-order valence-corrected chi connectivity index (χ0v) is 33.4. The number of nitrogens with one attached hydrogen (secondary N) is 4. The van der Waals surface area contributed by atoms with Gasteiger partial charge in [0.2, 0.25) is 18.6 Å². The molecule has 16 heteroatoms. The molecule has 0 bridgehead atoms. The van der Waals surface area contributed by atoms with Crippen molar-refractivity contribution >= 4 is 41.2 Å². The molecule has 15 nitrogen and oxygen atoms in total. The van der Waals surface area contributed by atoms with E-state index in [1.807, 2.05) is 37.3 Å². The number of carbonyl (C=O) groups is 5. The van der Waals surface area contributed by atoms with E-state index in [1.54, 1.807) is 65.7 Å². The number of ether oxygens (including phenoxy) is 2. The van der Waals surface area contributed by atoms with Gasteiger partial charge in [0.15, 0.2) is 11.5 Å². The third kappa shape index (κ3) is 13.5. The number of aryl methyl sites for hydroxylation is 1. The number of fused-ring (bicyclic) bond motifs is 1. The van der Waals surface area contributed by atoms with Crippen LogP contribution in [0.5, 0.6) is 11.5 Å². The van der Waals surface area contributed by atoms with E-state index >= 15 is 0 Å². The predicted octanol–water partition coefficient (Wildman–Crippen LogP) is 4.88. The maximum absolute atomic E-state index is 13.8. The number of carbonyl (C=O) groups excluding carboxylic acids is 3. The number of aromatic nitrogens is 1. The summed E-state index contributed by atoms with van der Waals surface area (Å²) in [5.41, 5.74) is 3.95. The zero-order chi connectivity index (χ0) is 39.2. The average Bonchev–Trinajstić information content (AvgIpc) is 3.62. The fourth-order valence-corrected chi connectivity index (χ4v) is 6.04. The SMILES string of the molecule is Cc1ccccc1NC(=O)Nc1ccc(CC(=O)N[C@@H](CCCCN(CC(=O)O)Cc2ccccn2)C(=O)N[C@@H](CC(=O)O)c2ccc3c(c2)OCO3)cc1.[Re]. The minimum absolute atomic E-state index is 0. The second kappa shape index (κ2) is 21.3. The van der Waals surface area contributed by atoms with Gasteiger partial charge in [0, 0.05) is 44.5 Å². The second-order valence-corrected chi connectivity index (χ2v) is 13.1. The zero-order valence-electron chi connectivity index (χ0n) is 30.7. The Balaban J connectivity index is 0.00000696. The van der Waals surface area contributed by atoms with Crippen molar-refractivity contribution in [1.82, 2.24) is 20.5 Å². The van der Waals surface area contributed by atoms with E-state index in [4.69, 9.17) is 9.47 Å². The molecule has 3 aromatic carbocycles. The van der Waals surface area contributed by atoms with E-state index in [-0.39, 0.29) is 46.6 Å². The molecule has 0 aliphatic carbocycles. The standard InChI is InChI=1S/C40H44N6O9.Re/c1-26-8-2-3-10-31(26)45-40(53)42-29-15-12-27(13-16-29)20-36(47)43-32(11-5-7-19-46(24-38(50)51)23-30-9-4-6-18-41-30)39(52)44-33(22-37(48)49)28-14-17-34-35(21-28)55-25-54-34;/h2-4,6,8-10,12-18,21,32-33H,5,7,11,19-20,22-25H2,1H3,(H,43,47)(H,44,52)(H,48,49)(H,50,51)(H2,42,45,53);/t32-,33-;/m0./s1. The van der Waals surface area contributed by atoms with Crippen LogP contribution in [0.1, 0.15) is 54.1 Å². The van der Waals surface area contributed by atoms with Crippen molar-refractivity contribution in [2.75, 3.05) is 30.5 Å². The molecule has 1 aromatic heterocycles. The van der Waals surface area contributed by atoms with Gasteiger partial charge in [0.05, 0.1) is 31.1 Å². The smallest absolute Gasteiger partial charge is 0.323 e. The molecule has 4 amide bonds. The fourth-order valence-electron chi connectivity index (χ4n) is 6.04. The molecule has 1 aliphatic rings. The molecule has 4 aromatic rings. The number of rotatable bonds is 19. The second-order valence-electron chi connectivity index (χ2n) is 13.1. The molecule has 1 radical (unpaired) electrons. The molecule has 0 unspecified atom stereocenters. The monoisotopic (exact) mass is 939 g/mol. The molecule has 0 spiro atoms. The van der Waals surface area contributed by atoms with Crippen LogP contribution in [0.15, 0.2) is 91.1 Å². The molecular weight excluding hydrogens is 895 g/mol. The Kier molecular flexibility index (Phi) is 16.3. The van der Waals surface area contributed by atoms with Crippen LogP contribution in [-0.4, -0.2) is 75.8 Å². The summed E-state index contributed by atoms with van der Waals surface area (Å²) in [7, 11) is 0. The molecule has 56 heavy (non-hydrogen) atoms. The number of urea groups is 1. The van der Waals surface area contributed by atoms with E-state index in [1.165, 1.54) is 0 Å². The van der Waals surface area contributed by atoms with Crippen LogP contribution in [0.3, 0.4) is 0 Å². The molecule has 2 atom stereocenters. The van der Waals surface area contributed by atoms with Crippen molar-refractivity contribution in [3.63, 3.8) is 0 Å². The van der Waals surface area contributed by atoms with Crippen LogP contribution >= 0.6 is 0 Å². The molecular formula is C40H44N6O9Re. The van der Waals surface area contributed by atoms with Gasteiger partial charge in [-0.25, -0.2) is 4.79 Å². The number of aliphatic carboxylic acids is 2. The van der Waals surface area contributed by atoms with Gasteiger partial charge in [-0.05, 0) is 91.9 Å². The summed E-state index contributed by atoms with van der Waals surface area (Å²) in [6.07, 6.45) is 2.28. The minimum atomic E-state index is -1.14. The van der Waals surface area contributed by atoms with E-state index in [2.05, 4.69) is 26.3 Å². The molecule has 1 aliphatic heterocycles. The first-order chi connectivity index (χ1) is 26.5. The maximum Gasteiger partial charge on any atom is 0.323 e. The van der Waals surface area contributed by atoms with Gasteiger partial charge in [-0.3, -0.25) is 29.1 Å². The van der Waals surface area contributed by atoms with Gasteiger partial charge in [0.25, 0.3) is 0 Å². The Morgan fingerprint density at radius 1 is 0.839 bits per heavy atom.